The summed E-state index contributed by atoms with van der Waals surface area (Å²) in [4.78, 5) is 12.1. The van der Waals surface area contributed by atoms with Crippen LogP contribution in [0.1, 0.15) is 12.5 Å². The first kappa shape index (κ1) is 17.7. The fourth-order valence-corrected chi connectivity index (χ4v) is 2.61. The Morgan fingerprint density at radius 3 is 2.25 bits per heavy atom. The van der Waals surface area contributed by atoms with Gasteiger partial charge in [0.25, 0.3) is 0 Å². The SMILES string of the molecule is CCOc1ccc(/C=C/C(=O)Nc2ccc(S(C)(=O)=O)cc2)cc1. The Morgan fingerprint density at radius 1 is 1.08 bits per heavy atom. The fraction of sp³-hybridized carbons (Fsp3) is 0.167. The van der Waals surface area contributed by atoms with Gasteiger partial charge in [0.15, 0.2) is 9.84 Å². The molecule has 0 heterocycles. The number of anilines is 1. The van der Waals surface area contributed by atoms with Crippen molar-refractivity contribution in [3.8, 4) is 5.75 Å². The summed E-state index contributed by atoms with van der Waals surface area (Å²) in [6.45, 7) is 2.52. The first-order chi connectivity index (χ1) is 11.4. The Morgan fingerprint density at radius 2 is 1.71 bits per heavy atom. The molecule has 0 radical (unpaired) electrons. The molecular formula is C18H19NO4S. The van der Waals surface area contributed by atoms with Gasteiger partial charge >= 0.3 is 0 Å². The average Bonchev–Trinajstić information content (AvgIpc) is 2.54. The lowest BCUT2D eigenvalue weighted by molar-refractivity contribution is -0.111. The Kier molecular flexibility index (Phi) is 5.76. The lowest BCUT2D eigenvalue weighted by Gasteiger charge is -2.04. The number of ether oxygens (including phenoxy) is 1. The van der Waals surface area contributed by atoms with Crippen molar-refractivity contribution in [1.82, 2.24) is 0 Å². The normalized spacial score (nSPS) is 11.4. The first-order valence-electron chi connectivity index (χ1n) is 7.40. The summed E-state index contributed by atoms with van der Waals surface area (Å²) in [6, 6.07) is 13.4. The number of hydrogen-bond acceptors (Lipinski definition) is 4. The molecule has 0 unspecified atom stereocenters. The number of carbonyl (C=O) groups excluding carboxylic acids is 1. The van der Waals surface area contributed by atoms with E-state index in [1.54, 1.807) is 18.2 Å². The molecule has 0 saturated carbocycles. The van der Waals surface area contributed by atoms with Crippen LogP contribution in [-0.4, -0.2) is 27.2 Å². The van der Waals surface area contributed by atoms with E-state index in [4.69, 9.17) is 4.74 Å². The third kappa shape index (κ3) is 5.24. The number of benzene rings is 2. The standard InChI is InChI=1S/C18H19NO4S/c1-3-23-16-9-4-14(5-10-16)6-13-18(20)19-15-7-11-17(12-8-15)24(2,21)22/h4-13H,3H2,1-2H3,(H,19,20)/b13-6+. The minimum Gasteiger partial charge on any atom is -0.494 e. The summed E-state index contributed by atoms with van der Waals surface area (Å²) in [7, 11) is -3.24. The third-order valence-corrected chi connectivity index (χ3v) is 4.30. The van der Waals surface area contributed by atoms with E-state index in [2.05, 4.69) is 5.32 Å². The maximum Gasteiger partial charge on any atom is 0.248 e. The molecule has 2 aromatic carbocycles. The molecule has 0 aliphatic rings. The third-order valence-electron chi connectivity index (χ3n) is 3.17. The van der Waals surface area contributed by atoms with Crippen molar-refractivity contribution >= 4 is 27.5 Å². The molecule has 0 fully saturated rings. The van der Waals surface area contributed by atoms with Gasteiger partial charge in [-0.1, -0.05) is 12.1 Å². The Bertz CT molecular complexity index is 822. The van der Waals surface area contributed by atoms with Gasteiger partial charge < -0.3 is 10.1 Å². The molecule has 0 aliphatic heterocycles. The van der Waals surface area contributed by atoms with E-state index in [-0.39, 0.29) is 10.8 Å². The fourth-order valence-electron chi connectivity index (χ4n) is 1.98. The minimum atomic E-state index is -3.24. The predicted octanol–water partition coefficient (Wildman–Crippen LogP) is 3.14. The van der Waals surface area contributed by atoms with E-state index >= 15 is 0 Å². The average molecular weight is 345 g/mol. The van der Waals surface area contributed by atoms with Gasteiger partial charge in [-0.2, -0.15) is 0 Å². The topological polar surface area (TPSA) is 72.5 Å². The lowest BCUT2D eigenvalue weighted by Crippen LogP contribution is -2.08. The van der Waals surface area contributed by atoms with E-state index < -0.39 is 9.84 Å². The number of carbonyl (C=O) groups is 1. The predicted molar refractivity (Wildman–Crippen MR) is 94.8 cm³/mol. The second-order valence-corrected chi connectivity index (χ2v) is 7.14. The summed E-state index contributed by atoms with van der Waals surface area (Å²) >= 11 is 0. The van der Waals surface area contributed by atoms with Crippen LogP contribution in [0.4, 0.5) is 5.69 Å². The van der Waals surface area contributed by atoms with E-state index in [9.17, 15) is 13.2 Å². The van der Waals surface area contributed by atoms with Gasteiger partial charge in [0, 0.05) is 18.0 Å². The maximum atomic E-state index is 11.9. The van der Waals surface area contributed by atoms with Crippen molar-refractivity contribution in [1.29, 1.82) is 0 Å². The highest BCUT2D eigenvalue weighted by Gasteiger charge is 2.06. The summed E-state index contributed by atoms with van der Waals surface area (Å²) in [6.07, 6.45) is 4.25. The zero-order valence-electron chi connectivity index (χ0n) is 13.5. The molecule has 0 bridgehead atoms. The molecule has 0 aromatic heterocycles. The first-order valence-corrected chi connectivity index (χ1v) is 9.29. The highest BCUT2D eigenvalue weighted by atomic mass is 32.2. The molecular weight excluding hydrogens is 326 g/mol. The number of sulfone groups is 1. The largest absolute Gasteiger partial charge is 0.494 e. The van der Waals surface area contributed by atoms with E-state index in [1.807, 2.05) is 31.2 Å². The molecule has 1 N–H and O–H groups in total. The lowest BCUT2D eigenvalue weighted by atomic mass is 10.2. The van der Waals surface area contributed by atoms with Crippen molar-refractivity contribution < 1.29 is 17.9 Å². The van der Waals surface area contributed by atoms with Gasteiger partial charge in [-0.15, -0.1) is 0 Å². The van der Waals surface area contributed by atoms with E-state index in [0.717, 1.165) is 17.6 Å². The van der Waals surface area contributed by atoms with Crippen LogP contribution in [0.3, 0.4) is 0 Å². The number of amides is 1. The summed E-state index contributed by atoms with van der Waals surface area (Å²) in [5.41, 5.74) is 1.41. The van der Waals surface area contributed by atoms with Gasteiger partial charge in [0.2, 0.25) is 5.91 Å². The van der Waals surface area contributed by atoms with Crippen LogP contribution in [0.25, 0.3) is 6.08 Å². The van der Waals surface area contributed by atoms with E-state index in [1.165, 1.54) is 18.2 Å². The molecule has 0 saturated heterocycles. The van der Waals surface area contributed by atoms with Crippen molar-refractivity contribution in [3.05, 3.63) is 60.2 Å². The highest BCUT2D eigenvalue weighted by Crippen LogP contribution is 2.15. The van der Waals surface area contributed by atoms with Gasteiger partial charge in [0.05, 0.1) is 11.5 Å². The zero-order valence-corrected chi connectivity index (χ0v) is 14.3. The molecule has 0 spiro atoms. The molecule has 0 aliphatic carbocycles. The van der Waals surface area contributed by atoms with Gasteiger partial charge in [0.1, 0.15) is 5.75 Å². The van der Waals surface area contributed by atoms with Gasteiger partial charge in [-0.3, -0.25) is 4.79 Å². The van der Waals surface area contributed by atoms with Crippen LogP contribution >= 0.6 is 0 Å². The van der Waals surface area contributed by atoms with Crippen LogP contribution < -0.4 is 10.1 Å². The molecule has 5 nitrogen and oxygen atoms in total. The van der Waals surface area contributed by atoms with Gasteiger partial charge in [-0.25, -0.2) is 8.42 Å². The minimum absolute atomic E-state index is 0.213. The summed E-state index contributed by atoms with van der Waals surface area (Å²) in [5, 5.41) is 2.68. The molecule has 126 valence electrons. The van der Waals surface area contributed by atoms with Crippen LogP contribution in [0.15, 0.2) is 59.5 Å². The van der Waals surface area contributed by atoms with Crippen LogP contribution in [0, 0.1) is 0 Å². The number of hydrogen-bond donors (Lipinski definition) is 1. The maximum absolute atomic E-state index is 11.9. The van der Waals surface area contributed by atoms with Crippen molar-refractivity contribution in [3.63, 3.8) is 0 Å². The second kappa shape index (κ2) is 7.79. The number of nitrogens with one attached hydrogen (secondary N) is 1. The highest BCUT2D eigenvalue weighted by molar-refractivity contribution is 7.90. The Hall–Kier alpha value is -2.60. The zero-order chi connectivity index (χ0) is 17.6. The summed E-state index contributed by atoms with van der Waals surface area (Å²) in [5.74, 6) is 0.487. The monoisotopic (exact) mass is 345 g/mol. The van der Waals surface area contributed by atoms with Crippen molar-refractivity contribution in [2.75, 3.05) is 18.2 Å². The van der Waals surface area contributed by atoms with Crippen LogP contribution in [0.2, 0.25) is 0 Å². The molecule has 2 aromatic rings. The number of rotatable bonds is 6. The second-order valence-electron chi connectivity index (χ2n) is 5.12. The molecule has 6 heteroatoms. The molecule has 0 atom stereocenters. The van der Waals surface area contributed by atoms with E-state index in [0.29, 0.717) is 12.3 Å². The molecule has 24 heavy (non-hydrogen) atoms. The van der Waals surface area contributed by atoms with Gasteiger partial charge in [-0.05, 0) is 55.0 Å². The summed E-state index contributed by atoms with van der Waals surface area (Å²) < 4.78 is 28.1. The van der Waals surface area contributed by atoms with Crippen molar-refractivity contribution in [2.45, 2.75) is 11.8 Å². The van der Waals surface area contributed by atoms with Crippen LogP contribution in [-0.2, 0) is 14.6 Å². The molecule has 2 rings (SSSR count). The Labute approximate surface area is 141 Å². The quantitative estimate of drug-likeness (QED) is 0.817. The van der Waals surface area contributed by atoms with Crippen molar-refractivity contribution in [2.24, 2.45) is 0 Å². The smallest absolute Gasteiger partial charge is 0.248 e. The Balaban J connectivity index is 1.97. The molecule has 1 amide bonds. The van der Waals surface area contributed by atoms with Crippen LogP contribution in [0.5, 0.6) is 5.75 Å².